The molecule has 0 amide bonds. The molecule has 1 heterocycles. The van der Waals surface area contributed by atoms with E-state index in [4.69, 9.17) is 9.47 Å². The van der Waals surface area contributed by atoms with Gasteiger partial charge in [0.1, 0.15) is 25.7 Å². The Morgan fingerprint density at radius 1 is 0.917 bits per heavy atom. The van der Waals surface area contributed by atoms with Crippen molar-refractivity contribution in [3.05, 3.63) is 12.5 Å². The van der Waals surface area contributed by atoms with Crippen LogP contribution in [0.3, 0.4) is 0 Å². The molecule has 74 valence electrons. The van der Waals surface area contributed by atoms with Crippen LogP contribution in [0, 0.1) is 5.92 Å². The van der Waals surface area contributed by atoms with E-state index in [1.165, 1.54) is 0 Å². The molecule has 0 unspecified atom stereocenters. The van der Waals surface area contributed by atoms with Gasteiger partial charge in [-0.3, -0.25) is 0 Å². The maximum absolute atomic E-state index is 4.76. The Morgan fingerprint density at radius 2 is 1.17 bits per heavy atom. The second-order valence-corrected chi connectivity index (χ2v) is 2.75. The molecule has 0 aliphatic carbocycles. The fourth-order valence-electron chi connectivity index (χ4n) is 0.311. The second-order valence-electron chi connectivity index (χ2n) is 2.75. The van der Waals surface area contributed by atoms with Crippen molar-refractivity contribution >= 4 is 0 Å². The summed E-state index contributed by atoms with van der Waals surface area (Å²) in [7, 11) is 0. The average molecular weight is 174 g/mol. The normalized spacial score (nSPS) is 12.8. The molecule has 1 aliphatic heterocycles. The zero-order valence-corrected chi connectivity index (χ0v) is 8.96. The zero-order chi connectivity index (χ0) is 9.82. The van der Waals surface area contributed by atoms with Crippen LogP contribution in [0.15, 0.2) is 12.5 Å². The van der Waals surface area contributed by atoms with Gasteiger partial charge in [-0.2, -0.15) is 0 Å². The Morgan fingerprint density at radius 3 is 1.25 bits per heavy atom. The highest BCUT2D eigenvalue weighted by atomic mass is 16.5. The van der Waals surface area contributed by atoms with E-state index in [0.29, 0.717) is 13.2 Å². The molecule has 0 N–H and O–H groups in total. The van der Waals surface area contributed by atoms with Crippen molar-refractivity contribution in [2.75, 3.05) is 13.2 Å². The molecule has 1 rings (SSSR count). The molecule has 0 saturated carbocycles. The first-order chi connectivity index (χ1) is 5.73. The molecule has 1 aliphatic rings. The van der Waals surface area contributed by atoms with E-state index in [-0.39, 0.29) is 0 Å². The number of hydrogen-bond acceptors (Lipinski definition) is 2. The van der Waals surface area contributed by atoms with Gasteiger partial charge in [0.05, 0.1) is 0 Å². The van der Waals surface area contributed by atoms with E-state index in [1.807, 2.05) is 13.8 Å². The van der Waals surface area contributed by atoms with Crippen molar-refractivity contribution in [2.24, 2.45) is 5.92 Å². The highest BCUT2D eigenvalue weighted by Gasteiger charge is 1.85. The van der Waals surface area contributed by atoms with Crippen LogP contribution in [-0.2, 0) is 9.47 Å². The van der Waals surface area contributed by atoms with Crippen LogP contribution >= 0.6 is 0 Å². The van der Waals surface area contributed by atoms with Gasteiger partial charge in [-0.1, -0.05) is 34.6 Å². The van der Waals surface area contributed by atoms with Crippen LogP contribution < -0.4 is 0 Å². The molecular formula is C10H22O2. The first-order valence-corrected chi connectivity index (χ1v) is 4.61. The van der Waals surface area contributed by atoms with Crippen molar-refractivity contribution in [3.63, 3.8) is 0 Å². The van der Waals surface area contributed by atoms with Crippen LogP contribution in [-0.4, -0.2) is 13.2 Å². The van der Waals surface area contributed by atoms with Gasteiger partial charge in [-0.05, 0) is 5.92 Å². The largest absolute Gasteiger partial charge is 0.494 e. The molecule has 0 radical (unpaired) electrons. The lowest BCUT2D eigenvalue weighted by atomic mass is 10.3. The van der Waals surface area contributed by atoms with Gasteiger partial charge in [0.25, 0.3) is 0 Å². The van der Waals surface area contributed by atoms with Gasteiger partial charge < -0.3 is 9.47 Å². The summed E-state index contributed by atoms with van der Waals surface area (Å²) in [6, 6.07) is 0. The lowest BCUT2D eigenvalue weighted by Crippen LogP contribution is -2.00. The minimum absolute atomic E-state index is 0.691. The smallest absolute Gasteiger partial charge is 0.121 e. The summed E-state index contributed by atoms with van der Waals surface area (Å²) in [6.07, 6.45) is 3.09. The van der Waals surface area contributed by atoms with E-state index < -0.39 is 0 Å². The number of hydrogen-bond donors (Lipinski definition) is 0. The predicted octanol–water partition coefficient (Wildman–Crippen LogP) is 3.19. The molecule has 2 nitrogen and oxygen atoms in total. The van der Waals surface area contributed by atoms with E-state index in [0.717, 1.165) is 5.92 Å². The third-order valence-corrected chi connectivity index (χ3v) is 0.567. The third-order valence-electron chi connectivity index (χ3n) is 0.567. The molecule has 12 heavy (non-hydrogen) atoms. The molecule has 0 aromatic heterocycles. The quantitative estimate of drug-likeness (QED) is 0.561. The van der Waals surface area contributed by atoms with Gasteiger partial charge in [-0.15, -0.1) is 0 Å². The zero-order valence-electron chi connectivity index (χ0n) is 8.96. The summed E-state index contributed by atoms with van der Waals surface area (Å²) >= 11 is 0. The highest BCUT2D eigenvalue weighted by Crippen LogP contribution is 1.87. The molecule has 2 heteroatoms. The molecule has 0 spiro atoms. The van der Waals surface area contributed by atoms with Crippen molar-refractivity contribution in [2.45, 2.75) is 34.6 Å². The summed E-state index contributed by atoms with van der Waals surface area (Å²) in [5.74, 6) is 0.833. The summed E-state index contributed by atoms with van der Waals surface area (Å²) in [5.41, 5.74) is 0. The van der Waals surface area contributed by atoms with Gasteiger partial charge in [-0.25, -0.2) is 0 Å². The van der Waals surface area contributed by atoms with E-state index in [9.17, 15) is 0 Å². The van der Waals surface area contributed by atoms with Crippen molar-refractivity contribution < 1.29 is 9.47 Å². The van der Waals surface area contributed by atoms with E-state index >= 15 is 0 Å². The van der Waals surface area contributed by atoms with E-state index in [1.54, 1.807) is 12.5 Å². The Balaban J connectivity index is 0. The van der Waals surface area contributed by atoms with Crippen LogP contribution in [0.5, 0.6) is 0 Å². The number of ether oxygens (including phenoxy) is 2. The highest BCUT2D eigenvalue weighted by molar-refractivity contribution is 4.64. The molecule has 0 saturated heterocycles. The third kappa shape index (κ3) is 22.8. The number of rotatable bonds is 0. The molecule has 0 atom stereocenters. The predicted molar refractivity (Wildman–Crippen MR) is 52.9 cm³/mol. The van der Waals surface area contributed by atoms with Crippen molar-refractivity contribution in [3.8, 4) is 0 Å². The van der Waals surface area contributed by atoms with Gasteiger partial charge in [0.2, 0.25) is 0 Å². The summed E-state index contributed by atoms with van der Waals surface area (Å²) in [6.45, 7) is 11.9. The van der Waals surface area contributed by atoms with Crippen LogP contribution in [0.2, 0.25) is 0 Å². The summed E-state index contributed by atoms with van der Waals surface area (Å²) < 4.78 is 9.53. The monoisotopic (exact) mass is 174 g/mol. The van der Waals surface area contributed by atoms with Crippen molar-refractivity contribution in [1.29, 1.82) is 0 Å². The van der Waals surface area contributed by atoms with Gasteiger partial charge >= 0.3 is 0 Å². The van der Waals surface area contributed by atoms with Gasteiger partial charge in [0, 0.05) is 0 Å². The van der Waals surface area contributed by atoms with Crippen LogP contribution in [0.25, 0.3) is 0 Å². The molecule has 0 aromatic rings. The summed E-state index contributed by atoms with van der Waals surface area (Å²) in [5, 5.41) is 0. The average Bonchev–Trinajstić information content (AvgIpc) is 2.10. The molecular weight excluding hydrogens is 152 g/mol. The fraction of sp³-hybridized carbons (Fsp3) is 0.800. The lowest BCUT2D eigenvalue weighted by molar-refractivity contribution is 0.108. The van der Waals surface area contributed by atoms with Crippen molar-refractivity contribution in [1.82, 2.24) is 0 Å². The maximum atomic E-state index is 4.76. The standard InChI is InChI=1S/C4H6O2.C4H10.C2H6/c1-2-6-4-3-5-1;1-4(2)3;1-2/h1-2H,3-4H2;4H,1-3H3;1-2H3. The molecule has 0 aromatic carbocycles. The molecule has 0 fully saturated rings. The fourth-order valence-corrected chi connectivity index (χ4v) is 0.311. The van der Waals surface area contributed by atoms with E-state index in [2.05, 4.69) is 20.8 Å². The molecule has 0 bridgehead atoms. The van der Waals surface area contributed by atoms with Gasteiger partial charge in [0.15, 0.2) is 0 Å². The second kappa shape index (κ2) is 13.0. The Labute approximate surface area is 76.6 Å². The minimum Gasteiger partial charge on any atom is -0.494 e. The Kier molecular flexibility index (Phi) is 15.0. The topological polar surface area (TPSA) is 18.5 Å². The Bertz CT molecular complexity index is 77.1. The SMILES string of the molecule is C1=COCCO1.CC.CC(C)C. The lowest BCUT2D eigenvalue weighted by Gasteiger charge is -2.04. The van der Waals surface area contributed by atoms with Crippen LogP contribution in [0.4, 0.5) is 0 Å². The van der Waals surface area contributed by atoms with Crippen LogP contribution in [0.1, 0.15) is 34.6 Å². The maximum Gasteiger partial charge on any atom is 0.121 e. The first kappa shape index (κ1) is 13.9. The Hall–Kier alpha value is -0.660. The first-order valence-electron chi connectivity index (χ1n) is 4.61. The summed E-state index contributed by atoms with van der Waals surface area (Å²) in [4.78, 5) is 0. The minimum atomic E-state index is 0.691.